The standard InChI is InChI=1S/C18H18F3N3O2/c1-10-22-15(9-17(26)23-10)12-6-13(7-12)24-16(25)8-11-4-2-3-5-14(11)18(19,20)21/h2-5,9,12-13H,6-8H2,1H3,(H,24,25)(H,22,23,26). The van der Waals surface area contributed by atoms with E-state index in [0.717, 1.165) is 6.07 Å². The first-order chi connectivity index (χ1) is 12.2. The maximum atomic E-state index is 13.0. The molecule has 1 fully saturated rings. The number of hydrogen-bond donors (Lipinski definition) is 2. The van der Waals surface area contributed by atoms with Crippen LogP contribution in [0.2, 0.25) is 0 Å². The highest BCUT2D eigenvalue weighted by atomic mass is 19.4. The summed E-state index contributed by atoms with van der Waals surface area (Å²) in [5.41, 5.74) is -0.368. The van der Waals surface area contributed by atoms with E-state index in [1.165, 1.54) is 24.3 Å². The van der Waals surface area contributed by atoms with Gasteiger partial charge in [0.25, 0.3) is 5.56 Å². The molecule has 1 heterocycles. The van der Waals surface area contributed by atoms with Crippen LogP contribution in [0.25, 0.3) is 0 Å². The van der Waals surface area contributed by atoms with Gasteiger partial charge in [0.15, 0.2) is 0 Å². The molecule has 2 N–H and O–H groups in total. The van der Waals surface area contributed by atoms with Gasteiger partial charge >= 0.3 is 6.18 Å². The van der Waals surface area contributed by atoms with Crippen LogP contribution in [0.3, 0.4) is 0 Å². The van der Waals surface area contributed by atoms with Gasteiger partial charge in [-0.3, -0.25) is 9.59 Å². The minimum Gasteiger partial charge on any atom is -0.353 e. The molecular weight excluding hydrogens is 347 g/mol. The third kappa shape index (κ3) is 4.12. The number of rotatable bonds is 4. The van der Waals surface area contributed by atoms with Gasteiger partial charge < -0.3 is 10.3 Å². The number of amides is 1. The molecule has 1 saturated carbocycles. The second-order valence-corrected chi connectivity index (χ2v) is 6.52. The molecule has 1 aromatic carbocycles. The number of hydrogen-bond acceptors (Lipinski definition) is 3. The third-order valence-electron chi connectivity index (χ3n) is 4.48. The van der Waals surface area contributed by atoms with E-state index in [1.807, 2.05) is 0 Å². The Morgan fingerprint density at radius 2 is 2.00 bits per heavy atom. The van der Waals surface area contributed by atoms with E-state index in [9.17, 15) is 22.8 Å². The Kier molecular flexibility index (Phi) is 4.84. The van der Waals surface area contributed by atoms with Crippen LogP contribution in [-0.4, -0.2) is 21.9 Å². The van der Waals surface area contributed by atoms with Crippen molar-refractivity contribution in [3.05, 3.63) is 63.3 Å². The number of aromatic nitrogens is 2. The summed E-state index contributed by atoms with van der Waals surface area (Å²) in [7, 11) is 0. The SMILES string of the molecule is Cc1nc(C2CC(NC(=O)Cc3ccccc3C(F)(F)F)C2)cc(=O)[nH]1. The van der Waals surface area contributed by atoms with Crippen LogP contribution in [0.1, 0.15) is 41.4 Å². The van der Waals surface area contributed by atoms with Gasteiger partial charge in [0, 0.05) is 18.0 Å². The first-order valence-electron chi connectivity index (χ1n) is 8.24. The fourth-order valence-electron chi connectivity index (χ4n) is 3.19. The summed E-state index contributed by atoms with van der Waals surface area (Å²) in [6.07, 6.45) is -3.58. The lowest BCUT2D eigenvalue weighted by Crippen LogP contribution is -2.44. The van der Waals surface area contributed by atoms with Crippen LogP contribution in [0.4, 0.5) is 13.2 Å². The van der Waals surface area contributed by atoms with Gasteiger partial charge in [-0.1, -0.05) is 18.2 Å². The molecule has 5 nitrogen and oxygen atoms in total. The number of aromatic amines is 1. The predicted octanol–water partition coefficient (Wildman–Crippen LogP) is 2.70. The van der Waals surface area contributed by atoms with E-state index < -0.39 is 17.6 Å². The van der Waals surface area contributed by atoms with E-state index >= 15 is 0 Å². The lowest BCUT2D eigenvalue weighted by Gasteiger charge is -2.35. The zero-order valence-corrected chi connectivity index (χ0v) is 14.1. The van der Waals surface area contributed by atoms with Crippen molar-refractivity contribution in [2.24, 2.45) is 0 Å². The molecule has 26 heavy (non-hydrogen) atoms. The van der Waals surface area contributed by atoms with Crippen LogP contribution >= 0.6 is 0 Å². The molecule has 1 amide bonds. The highest BCUT2D eigenvalue weighted by Gasteiger charge is 2.35. The zero-order valence-electron chi connectivity index (χ0n) is 14.1. The van der Waals surface area contributed by atoms with Crippen LogP contribution in [0.15, 0.2) is 35.1 Å². The first kappa shape index (κ1) is 18.2. The normalized spacial score (nSPS) is 19.7. The molecule has 0 unspecified atom stereocenters. The van der Waals surface area contributed by atoms with Crippen LogP contribution in [0, 0.1) is 6.92 Å². The Bertz CT molecular complexity index is 870. The number of carbonyl (C=O) groups is 1. The van der Waals surface area contributed by atoms with Crippen molar-refractivity contribution >= 4 is 5.91 Å². The Labute approximate surface area is 147 Å². The van der Waals surface area contributed by atoms with Crippen LogP contribution in [-0.2, 0) is 17.4 Å². The van der Waals surface area contributed by atoms with Crippen LogP contribution < -0.4 is 10.9 Å². The monoisotopic (exact) mass is 365 g/mol. The topological polar surface area (TPSA) is 74.8 Å². The highest BCUT2D eigenvalue weighted by Crippen LogP contribution is 2.36. The molecule has 0 aliphatic heterocycles. The number of H-pyrrole nitrogens is 1. The summed E-state index contributed by atoms with van der Waals surface area (Å²) in [4.78, 5) is 30.4. The molecule has 2 aromatic rings. The van der Waals surface area contributed by atoms with Crippen molar-refractivity contribution < 1.29 is 18.0 Å². The minimum atomic E-state index is -4.48. The van der Waals surface area contributed by atoms with Gasteiger partial charge in [-0.25, -0.2) is 4.98 Å². The zero-order chi connectivity index (χ0) is 18.9. The average molecular weight is 365 g/mol. The van der Waals surface area contributed by atoms with Crippen molar-refractivity contribution in [2.45, 2.75) is 44.3 Å². The second-order valence-electron chi connectivity index (χ2n) is 6.52. The number of halogens is 3. The van der Waals surface area contributed by atoms with Crippen molar-refractivity contribution in [3.8, 4) is 0 Å². The van der Waals surface area contributed by atoms with Gasteiger partial charge in [-0.15, -0.1) is 0 Å². The smallest absolute Gasteiger partial charge is 0.353 e. The van der Waals surface area contributed by atoms with E-state index in [2.05, 4.69) is 15.3 Å². The number of alkyl halides is 3. The Balaban J connectivity index is 1.57. The maximum Gasteiger partial charge on any atom is 0.416 e. The summed E-state index contributed by atoms with van der Waals surface area (Å²) >= 11 is 0. The third-order valence-corrected chi connectivity index (χ3v) is 4.48. The molecule has 1 aliphatic carbocycles. The summed E-state index contributed by atoms with van der Waals surface area (Å²) in [6.45, 7) is 1.70. The van der Waals surface area contributed by atoms with E-state index in [4.69, 9.17) is 0 Å². The molecule has 0 radical (unpaired) electrons. The molecule has 1 aliphatic rings. The molecular formula is C18H18F3N3O2. The Hall–Kier alpha value is -2.64. The van der Waals surface area contributed by atoms with Gasteiger partial charge in [0.05, 0.1) is 17.7 Å². The van der Waals surface area contributed by atoms with Crippen molar-refractivity contribution in [1.82, 2.24) is 15.3 Å². The quantitative estimate of drug-likeness (QED) is 0.875. The molecule has 1 aromatic heterocycles. The lowest BCUT2D eigenvalue weighted by atomic mass is 9.78. The molecule has 8 heteroatoms. The molecule has 0 spiro atoms. The maximum absolute atomic E-state index is 13.0. The molecule has 0 bridgehead atoms. The van der Waals surface area contributed by atoms with Gasteiger partial charge in [0.1, 0.15) is 5.82 Å². The van der Waals surface area contributed by atoms with Gasteiger partial charge in [-0.2, -0.15) is 13.2 Å². The number of aryl methyl sites for hydroxylation is 1. The molecule has 3 rings (SSSR count). The summed E-state index contributed by atoms with van der Waals surface area (Å²) < 4.78 is 38.9. The van der Waals surface area contributed by atoms with Gasteiger partial charge in [-0.05, 0) is 31.4 Å². The van der Waals surface area contributed by atoms with E-state index in [0.29, 0.717) is 24.4 Å². The molecule has 138 valence electrons. The average Bonchev–Trinajstić information content (AvgIpc) is 2.49. The fraction of sp³-hybridized carbons (Fsp3) is 0.389. The largest absolute Gasteiger partial charge is 0.416 e. The Morgan fingerprint density at radius 3 is 2.65 bits per heavy atom. The molecule has 0 atom stereocenters. The van der Waals surface area contributed by atoms with E-state index in [1.54, 1.807) is 6.92 Å². The minimum absolute atomic E-state index is 0.0414. The second kappa shape index (κ2) is 6.93. The predicted molar refractivity (Wildman–Crippen MR) is 88.6 cm³/mol. The van der Waals surface area contributed by atoms with Crippen LogP contribution in [0.5, 0.6) is 0 Å². The number of carbonyl (C=O) groups excluding carboxylic acids is 1. The fourth-order valence-corrected chi connectivity index (χ4v) is 3.19. The van der Waals surface area contributed by atoms with Crippen molar-refractivity contribution in [1.29, 1.82) is 0 Å². The number of nitrogens with one attached hydrogen (secondary N) is 2. The number of nitrogens with zero attached hydrogens (tertiary/aromatic N) is 1. The summed E-state index contributed by atoms with van der Waals surface area (Å²) in [6, 6.07) is 6.40. The summed E-state index contributed by atoms with van der Waals surface area (Å²) in [5.74, 6) is 0.160. The van der Waals surface area contributed by atoms with Crippen molar-refractivity contribution in [3.63, 3.8) is 0 Å². The van der Waals surface area contributed by atoms with Gasteiger partial charge in [0.2, 0.25) is 5.91 Å². The summed E-state index contributed by atoms with van der Waals surface area (Å²) in [5, 5.41) is 2.75. The Morgan fingerprint density at radius 1 is 1.31 bits per heavy atom. The van der Waals surface area contributed by atoms with Crippen molar-refractivity contribution in [2.75, 3.05) is 0 Å². The number of benzene rings is 1. The lowest BCUT2D eigenvalue weighted by molar-refractivity contribution is -0.138. The highest BCUT2D eigenvalue weighted by molar-refractivity contribution is 5.79. The van der Waals surface area contributed by atoms with E-state index in [-0.39, 0.29) is 29.5 Å². The first-order valence-corrected chi connectivity index (χ1v) is 8.24. The molecule has 0 saturated heterocycles.